The Balaban J connectivity index is 0.000000267. The van der Waals surface area contributed by atoms with Crippen molar-refractivity contribution in [3.8, 4) is 0 Å². The zero-order chi connectivity index (χ0) is 36.4. The van der Waals surface area contributed by atoms with E-state index >= 15 is 0 Å². The summed E-state index contributed by atoms with van der Waals surface area (Å²) in [5.41, 5.74) is 17.5. The van der Waals surface area contributed by atoms with Crippen molar-refractivity contribution < 1.29 is 57.8 Å². The Morgan fingerprint density at radius 3 is 1.76 bits per heavy atom. The van der Waals surface area contributed by atoms with Crippen molar-refractivity contribution in [1.29, 1.82) is 0 Å². The molecule has 0 radical (unpaired) electrons. The molecule has 49 heavy (non-hydrogen) atoms. The van der Waals surface area contributed by atoms with Crippen LogP contribution in [-0.2, 0) is 47.5 Å². The van der Waals surface area contributed by atoms with Crippen molar-refractivity contribution in [2.24, 2.45) is 10.2 Å². The lowest BCUT2D eigenvalue weighted by Crippen LogP contribution is -2.57. The summed E-state index contributed by atoms with van der Waals surface area (Å²) in [7, 11) is 1.16. The second-order valence-electron chi connectivity index (χ2n) is 12.0. The van der Waals surface area contributed by atoms with E-state index in [1.165, 1.54) is 12.0 Å². The minimum absolute atomic E-state index is 0.0910. The van der Waals surface area contributed by atoms with E-state index < -0.39 is 78.3 Å². The highest BCUT2D eigenvalue weighted by atomic mass is 16.8. The fourth-order valence-corrected chi connectivity index (χ4v) is 5.53. The molecule has 4 heterocycles. The molecule has 8 unspecified atom stereocenters. The van der Waals surface area contributed by atoms with Crippen molar-refractivity contribution >= 4 is 17.9 Å². The third-order valence-electron chi connectivity index (χ3n) is 7.68. The molecule has 20 heteroatoms. The van der Waals surface area contributed by atoms with E-state index in [1.807, 2.05) is 0 Å². The number of hydrogen-bond acceptors (Lipinski definition) is 16. The van der Waals surface area contributed by atoms with Gasteiger partial charge in [-0.05, 0) is 57.8 Å². The largest absolute Gasteiger partial charge is 0.490 e. The van der Waals surface area contributed by atoms with Gasteiger partial charge in [0.05, 0.1) is 62.6 Å². The number of nitrogens with zero attached hydrogens (tertiary/aromatic N) is 6. The molecular weight excluding hydrogens is 652 g/mol. The fourth-order valence-electron chi connectivity index (χ4n) is 5.53. The predicted octanol–water partition coefficient (Wildman–Crippen LogP) is 0.721. The third kappa shape index (κ3) is 10.2. The number of hydrogen-bond donors (Lipinski definition) is 4. The highest BCUT2D eigenvalue weighted by Gasteiger charge is 2.48. The average molecular weight is 693 g/mol. The lowest BCUT2D eigenvalue weighted by atomic mass is 9.92. The Bertz CT molecular complexity index is 1450. The Kier molecular flexibility index (Phi) is 13.6. The second-order valence-corrected chi connectivity index (χ2v) is 12.0. The number of esters is 1. The molecule has 4 aliphatic rings. The SMILES string of the molecule is CC1=CC(N=[N+]=[N-])C(NC=C=O)[C@H](C(O)C2COC(C)(C)O2)O1.COC(=O)C1=CC(N=[N+]=[N-])C(NC=C=O)[C@H](C(O)C2COC(C)(C)O2)O1. The summed E-state index contributed by atoms with van der Waals surface area (Å²) in [6.07, 6.45) is -0.678. The van der Waals surface area contributed by atoms with Crippen LogP contribution in [0, 0.1) is 0 Å². The van der Waals surface area contributed by atoms with Gasteiger partial charge in [-0.1, -0.05) is 10.2 Å². The molecule has 0 spiro atoms. The van der Waals surface area contributed by atoms with Crippen molar-refractivity contribution in [3.05, 3.63) is 57.0 Å². The summed E-state index contributed by atoms with van der Waals surface area (Å²) >= 11 is 0. The summed E-state index contributed by atoms with van der Waals surface area (Å²) in [5, 5.41) is 34.1. The van der Waals surface area contributed by atoms with Gasteiger partial charge in [0.2, 0.25) is 5.76 Å². The standard InChI is InChI=1S/C15H20N4O7.C14H20N4O5/c1-15(2)24-7-10(26-15)12(21)13-11(17-4-5-20)8(18-19-16)6-9(25-13)14(22)23-3;1-8-6-9(17-18-15)11(16-4-5-19)13(22-8)12(20)10-7-21-14(2,3)23-10/h4,6,8,10-13,17,21H,7H2,1-3H3;4,6,9-13,16,20H,7H2,1-3H3/t8?,10?,11?,12?,13-;9?,10?,11?,12?,13-/m11/s1. The first-order valence-corrected chi connectivity index (χ1v) is 15.0. The molecule has 4 rings (SSSR count). The minimum Gasteiger partial charge on any atom is -0.490 e. The molecule has 4 aliphatic heterocycles. The smallest absolute Gasteiger partial charge is 0.372 e. The normalized spacial score (nSPS) is 32.0. The van der Waals surface area contributed by atoms with Crippen LogP contribution in [0.3, 0.4) is 0 Å². The van der Waals surface area contributed by atoms with Gasteiger partial charge in [-0.3, -0.25) is 0 Å². The van der Waals surface area contributed by atoms with Gasteiger partial charge < -0.3 is 54.0 Å². The van der Waals surface area contributed by atoms with Gasteiger partial charge in [0.25, 0.3) is 0 Å². The van der Waals surface area contributed by atoms with Crippen LogP contribution in [0.5, 0.6) is 0 Å². The molecule has 268 valence electrons. The molecule has 0 aromatic rings. The lowest BCUT2D eigenvalue weighted by Gasteiger charge is -2.38. The number of azide groups is 2. The van der Waals surface area contributed by atoms with Crippen LogP contribution < -0.4 is 10.6 Å². The van der Waals surface area contributed by atoms with E-state index in [-0.39, 0.29) is 19.0 Å². The van der Waals surface area contributed by atoms with Crippen LogP contribution >= 0.6 is 0 Å². The van der Waals surface area contributed by atoms with E-state index in [1.54, 1.807) is 46.6 Å². The first-order valence-electron chi connectivity index (χ1n) is 15.0. The summed E-state index contributed by atoms with van der Waals surface area (Å²) < 4.78 is 38.1. The molecule has 20 nitrogen and oxygen atoms in total. The van der Waals surface area contributed by atoms with Gasteiger partial charge in [-0.15, -0.1) is 0 Å². The van der Waals surface area contributed by atoms with Crippen LogP contribution in [0.2, 0.25) is 0 Å². The molecular formula is C29H40N8O12. The maximum absolute atomic E-state index is 11.9. The van der Waals surface area contributed by atoms with Gasteiger partial charge >= 0.3 is 5.97 Å². The Morgan fingerprint density at radius 2 is 1.37 bits per heavy atom. The van der Waals surface area contributed by atoms with E-state index in [0.29, 0.717) is 5.76 Å². The molecule has 0 aromatic heterocycles. The fraction of sp³-hybridized carbons (Fsp3) is 0.690. The number of rotatable bonds is 11. The first-order chi connectivity index (χ1) is 23.2. The van der Waals surface area contributed by atoms with Crippen LogP contribution in [-0.4, -0.2) is 121 Å². The molecule has 0 aliphatic carbocycles. The van der Waals surface area contributed by atoms with E-state index in [4.69, 9.17) is 39.5 Å². The molecule has 4 N–H and O–H groups in total. The molecule has 0 aromatic carbocycles. The molecule has 2 fully saturated rings. The van der Waals surface area contributed by atoms with Gasteiger partial charge in [0.15, 0.2) is 11.6 Å². The predicted molar refractivity (Wildman–Crippen MR) is 166 cm³/mol. The molecule has 2 saturated heterocycles. The number of carbonyl (C=O) groups excluding carboxylic acids is 3. The number of ether oxygens (including phenoxy) is 7. The number of carbonyl (C=O) groups is 1. The zero-order valence-corrected chi connectivity index (χ0v) is 27.7. The molecule has 0 saturated carbocycles. The summed E-state index contributed by atoms with van der Waals surface area (Å²) in [6, 6.07) is -3.07. The Labute approximate surface area is 280 Å². The van der Waals surface area contributed by atoms with Crippen LogP contribution in [0.15, 0.2) is 46.3 Å². The van der Waals surface area contributed by atoms with Crippen LogP contribution in [0.4, 0.5) is 0 Å². The Hall–Kier alpha value is -4.57. The molecule has 10 atom stereocenters. The van der Waals surface area contributed by atoms with Crippen molar-refractivity contribution in [1.82, 2.24) is 10.6 Å². The van der Waals surface area contributed by atoms with E-state index in [9.17, 15) is 24.6 Å². The maximum Gasteiger partial charge on any atom is 0.372 e. The minimum atomic E-state index is -1.26. The average Bonchev–Trinajstić information content (AvgIpc) is 3.62. The van der Waals surface area contributed by atoms with Crippen molar-refractivity contribution in [3.63, 3.8) is 0 Å². The summed E-state index contributed by atoms with van der Waals surface area (Å²) in [4.78, 5) is 38.4. The molecule has 0 bridgehead atoms. The number of aliphatic hydroxyl groups is 2. The van der Waals surface area contributed by atoms with E-state index in [2.05, 4.69) is 35.4 Å². The zero-order valence-electron chi connectivity index (χ0n) is 27.7. The topological polar surface area (TPSA) is 278 Å². The quantitative estimate of drug-likeness (QED) is 0.0764. The highest BCUT2D eigenvalue weighted by molar-refractivity contribution is 5.86. The van der Waals surface area contributed by atoms with Gasteiger partial charge in [0.1, 0.15) is 48.5 Å². The van der Waals surface area contributed by atoms with Gasteiger partial charge in [0, 0.05) is 9.82 Å². The van der Waals surface area contributed by atoms with Gasteiger partial charge in [-0.2, -0.15) is 0 Å². The maximum atomic E-state index is 11.9. The van der Waals surface area contributed by atoms with Crippen LogP contribution in [0.1, 0.15) is 34.6 Å². The van der Waals surface area contributed by atoms with Crippen LogP contribution in [0.25, 0.3) is 20.9 Å². The molecule has 0 amide bonds. The number of allylic oxidation sites excluding steroid dienone is 1. The van der Waals surface area contributed by atoms with Gasteiger partial charge in [-0.25, -0.2) is 14.4 Å². The van der Waals surface area contributed by atoms with Crippen molar-refractivity contribution in [2.45, 2.75) is 107 Å². The third-order valence-corrected chi connectivity index (χ3v) is 7.68. The Morgan fingerprint density at radius 1 is 0.918 bits per heavy atom. The number of methoxy groups -OCH3 is 1. The first kappa shape index (κ1) is 38.9. The van der Waals surface area contributed by atoms with Crippen molar-refractivity contribution in [2.75, 3.05) is 20.3 Å². The second kappa shape index (κ2) is 17.2. The summed E-state index contributed by atoms with van der Waals surface area (Å²) in [6.45, 7) is 8.87. The number of aliphatic hydroxyl groups excluding tert-OH is 2. The number of nitrogens with one attached hydrogen (secondary N) is 2. The lowest BCUT2D eigenvalue weighted by molar-refractivity contribution is -0.168. The highest BCUT2D eigenvalue weighted by Crippen LogP contribution is 2.32. The summed E-state index contributed by atoms with van der Waals surface area (Å²) in [5.74, 6) is 0.945. The van der Waals surface area contributed by atoms with E-state index in [0.717, 1.165) is 19.5 Å². The monoisotopic (exact) mass is 692 g/mol.